The summed E-state index contributed by atoms with van der Waals surface area (Å²) in [5, 5.41) is 0. The van der Waals surface area contributed by atoms with Gasteiger partial charge in [-0.15, -0.1) is 0 Å². The van der Waals surface area contributed by atoms with Crippen molar-refractivity contribution in [1.29, 1.82) is 0 Å². The molecule has 3 nitrogen and oxygen atoms in total. The van der Waals surface area contributed by atoms with Gasteiger partial charge >= 0.3 is 78.0 Å². The minimum absolute atomic E-state index is 0.193. The van der Waals surface area contributed by atoms with Gasteiger partial charge in [0.15, 0.2) is 0 Å². The Morgan fingerprint density at radius 2 is 1.80 bits per heavy atom. The van der Waals surface area contributed by atoms with E-state index in [4.69, 9.17) is 5.73 Å². The average molecular weight is 390 g/mol. The molecular weight excluding hydrogens is 369 g/mol. The summed E-state index contributed by atoms with van der Waals surface area (Å²) in [5.41, 5.74) is 5.42. The quantitative estimate of drug-likeness (QED) is 0.720. The van der Waals surface area contributed by atoms with Crippen LogP contribution in [0.15, 0.2) is 12.4 Å². The number of imidazole rings is 1. The van der Waals surface area contributed by atoms with Gasteiger partial charge in [0.2, 0.25) is 0 Å². The van der Waals surface area contributed by atoms with Crippen LogP contribution >= 0.6 is 0 Å². The minimum atomic E-state index is 0.193. The van der Waals surface area contributed by atoms with E-state index in [0.717, 1.165) is 0 Å². The second-order valence-electron chi connectivity index (χ2n) is 5.03. The Balaban J connectivity index is 0.000000234. The molecule has 0 aromatic carbocycles. The Morgan fingerprint density at radius 1 is 1.33 bits per heavy atom. The van der Waals surface area contributed by atoms with Crippen LogP contribution in [0.4, 0.5) is 0 Å². The second kappa shape index (κ2) is 4.80. The van der Waals surface area contributed by atoms with Crippen molar-refractivity contribution < 1.29 is 19.4 Å². The molecule has 0 amide bonds. The Morgan fingerprint density at radius 3 is 1.93 bits per heavy atom. The first-order valence-corrected chi connectivity index (χ1v) is 6.41. The molecule has 0 unspecified atom stereocenters. The van der Waals surface area contributed by atoms with Crippen LogP contribution in [0.1, 0.15) is 33.6 Å². The molecule has 2 N–H and O–H groups in total. The zero-order valence-electron chi connectivity index (χ0n) is 9.93. The normalized spacial score (nSPS) is 15.9. The summed E-state index contributed by atoms with van der Waals surface area (Å²) in [6.45, 7) is 6.61. The fourth-order valence-corrected chi connectivity index (χ4v) is 2.13. The molecule has 15 heavy (non-hydrogen) atoms. The molecule has 4 heteroatoms. The maximum absolute atomic E-state index is 5.22. The van der Waals surface area contributed by atoms with E-state index in [1.54, 1.807) is 0 Å². The van der Waals surface area contributed by atoms with Crippen molar-refractivity contribution in [3.05, 3.63) is 16.2 Å². The van der Waals surface area contributed by atoms with Gasteiger partial charge in [0.25, 0.3) is 0 Å². The van der Waals surface area contributed by atoms with Gasteiger partial charge in [0, 0.05) is 6.04 Å². The SMILES string of the molecule is Cn1ccn(C(C)(C)C)[c]1=[Pt].NC1CC1. The van der Waals surface area contributed by atoms with E-state index < -0.39 is 0 Å². The molecule has 1 aliphatic carbocycles. The number of hydrogen-bond acceptors (Lipinski definition) is 1. The third-order valence-corrected chi connectivity index (χ3v) is 3.59. The summed E-state index contributed by atoms with van der Waals surface area (Å²) in [6, 6.07) is 0.583. The van der Waals surface area contributed by atoms with Crippen molar-refractivity contribution in [2.45, 2.75) is 45.2 Å². The van der Waals surface area contributed by atoms with Crippen molar-refractivity contribution in [3.8, 4) is 0 Å². The van der Waals surface area contributed by atoms with Crippen LogP contribution in [0.3, 0.4) is 0 Å². The number of nitrogens with two attached hydrogens (primary N) is 1. The average Bonchev–Trinajstić information content (AvgIpc) is 2.78. The number of hydrogen-bond donors (Lipinski definition) is 1. The van der Waals surface area contributed by atoms with Crippen LogP contribution in [0.2, 0.25) is 0 Å². The number of rotatable bonds is 0. The predicted molar refractivity (Wildman–Crippen MR) is 58.9 cm³/mol. The third kappa shape index (κ3) is 4.08. The van der Waals surface area contributed by atoms with Crippen molar-refractivity contribution in [2.75, 3.05) is 0 Å². The van der Waals surface area contributed by atoms with Gasteiger partial charge in [0.1, 0.15) is 0 Å². The maximum Gasteiger partial charge on any atom is 0.00399 e. The van der Waals surface area contributed by atoms with Crippen LogP contribution < -0.4 is 5.73 Å². The van der Waals surface area contributed by atoms with Crippen LogP contribution in [-0.2, 0) is 31.9 Å². The summed E-state index contributed by atoms with van der Waals surface area (Å²) < 4.78 is 5.64. The molecule has 0 aliphatic heterocycles. The van der Waals surface area contributed by atoms with Gasteiger partial charge in [0.05, 0.1) is 0 Å². The summed E-state index contributed by atoms with van der Waals surface area (Å²) in [4.78, 5) is 0. The largest absolute Gasteiger partial charge is 0.328 e. The molecule has 1 aromatic heterocycles. The molecule has 1 aromatic rings. The summed E-state index contributed by atoms with van der Waals surface area (Å²) >= 11 is 2.33. The smallest absolute Gasteiger partial charge is 0.00399 e. The van der Waals surface area contributed by atoms with Crippen LogP contribution in [0.25, 0.3) is 0 Å². The summed E-state index contributed by atoms with van der Waals surface area (Å²) in [7, 11) is 2.06. The van der Waals surface area contributed by atoms with Crippen LogP contribution in [-0.4, -0.2) is 15.2 Å². The van der Waals surface area contributed by atoms with Crippen molar-refractivity contribution >= 4 is 0 Å². The third-order valence-electron chi connectivity index (χ3n) is 2.24. The van der Waals surface area contributed by atoms with Gasteiger partial charge in [-0.05, 0) is 12.8 Å². The fourth-order valence-electron chi connectivity index (χ4n) is 1.03. The molecule has 1 heterocycles. The molecule has 1 saturated carbocycles. The number of aryl methyl sites for hydroxylation is 1. The van der Waals surface area contributed by atoms with Gasteiger partial charge in [-0.25, -0.2) is 0 Å². The Hall–Kier alpha value is -0.142. The Bertz CT molecular complexity index is 366. The molecule has 0 radical (unpaired) electrons. The molecule has 0 atom stereocenters. The minimum Gasteiger partial charge on any atom is -0.328 e. The number of nitrogens with zero attached hydrogens (tertiary/aromatic N) is 2. The van der Waals surface area contributed by atoms with Gasteiger partial charge in [-0.1, -0.05) is 0 Å². The molecule has 0 saturated heterocycles. The van der Waals surface area contributed by atoms with E-state index in [1.165, 1.54) is 16.6 Å². The zero-order chi connectivity index (χ0) is 11.6. The summed E-state index contributed by atoms with van der Waals surface area (Å²) in [6.07, 6.45) is 6.72. The monoisotopic (exact) mass is 390 g/mol. The first-order valence-electron chi connectivity index (χ1n) is 5.28. The van der Waals surface area contributed by atoms with Gasteiger partial charge in [-0.3, -0.25) is 0 Å². The summed E-state index contributed by atoms with van der Waals surface area (Å²) in [5.74, 6) is 0. The molecule has 1 aliphatic rings. The van der Waals surface area contributed by atoms with Crippen LogP contribution in [0, 0.1) is 3.80 Å². The van der Waals surface area contributed by atoms with Crippen molar-refractivity contribution in [1.82, 2.24) is 9.13 Å². The predicted octanol–water partition coefficient (Wildman–Crippen LogP) is 1.77. The Kier molecular flexibility index (Phi) is 4.13. The van der Waals surface area contributed by atoms with E-state index in [-0.39, 0.29) is 5.54 Å². The van der Waals surface area contributed by atoms with E-state index in [0.29, 0.717) is 6.04 Å². The number of aromatic nitrogens is 2. The van der Waals surface area contributed by atoms with E-state index in [9.17, 15) is 0 Å². The van der Waals surface area contributed by atoms with Gasteiger partial charge in [-0.2, -0.15) is 0 Å². The standard InChI is InChI=1S/C8H14N2.C3H7N.Pt/c1-8(2,3)10-6-5-9(4)7-10;4-3-1-2-3;/h5-6H,1-4H3;3H,1-2,4H2;. The van der Waals surface area contributed by atoms with E-state index in [1.807, 2.05) is 0 Å². The fraction of sp³-hybridized carbons (Fsp3) is 0.727. The van der Waals surface area contributed by atoms with Crippen molar-refractivity contribution in [2.24, 2.45) is 12.8 Å². The molecule has 0 bridgehead atoms. The van der Waals surface area contributed by atoms with E-state index >= 15 is 0 Å². The second-order valence-corrected chi connectivity index (χ2v) is 6.04. The van der Waals surface area contributed by atoms with E-state index in [2.05, 4.69) is 68.7 Å². The van der Waals surface area contributed by atoms with Gasteiger partial charge < -0.3 is 5.73 Å². The first-order chi connectivity index (χ1) is 6.82. The molecule has 1 fully saturated rings. The topological polar surface area (TPSA) is 35.9 Å². The molecular formula is C11H21N3Pt. The molecule has 2 rings (SSSR count). The molecule has 90 valence electrons. The zero-order valence-corrected chi connectivity index (χ0v) is 12.2. The first kappa shape index (κ1) is 12.9. The van der Waals surface area contributed by atoms with Crippen molar-refractivity contribution in [3.63, 3.8) is 0 Å². The molecule has 0 spiro atoms. The van der Waals surface area contributed by atoms with Crippen LogP contribution in [0.5, 0.6) is 0 Å². The Labute approximate surface area is 103 Å². The maximum atomic E-state index is 5.22.